The molecule has 9 atom stereocenters. The topological polar surface area (TPSA) is 271 Å². The van der Waals surface area contributed by atoms with Gasteiger partial charge in [-0.3, -0.25) is 28.0 Å². The molecule has 0 aliphatic carbocycles. The number of anilines is 1. The molecular weight excluding hydrogens is 525 g/mol. The summed E-state index contributed by atoms with van der Waals surface area (Å²) in [6, 6.07) is 2.23. The number of aliphatic hydroxyl groups excluding tert-OH is 4. The van der Waals surface area contributed by atoms with Gasteiger partial charge in [0.25, 0.3) is 5.56 Å². The Balaban J connectivity index is 1.43. The van der Waals surface area contributed by atoms with Crippen molar-refractivity contribution >= 4 is 13.6 Å². The molecule has 2 fully saturated rings. The Morgan fingerprint density at radius 2 is 1.68 bits per heavy atom. The van der Waals surface area contributed by atoms with Crippen molar-refractivity contribution in [1.82, 2.24) is 19.1 Å². The number of phosphoric acid groups is 1. The van der Waals surface area contributed by atoms with Gasteiger partial charge in [-0.2, -0.15) is 4.98 Å². The number of rotatable bonds is 8. The number of phosphoric ester groups is 1. The van der Waals surface area contributed by atoms with Gasteiger partial charge >= 0.3 is 19.2 Å². The van der Waals surface area contributed by atoms with Crippen LogP contribution in [0.3, 0.4) is 0 Å². The summed E-state index contributed by atoms with van der Waals surface area (Å²) in [7, 11) is -5.04. The summed E-state index contributed by atoms with van der Waals surface area (Å²) in [5, 5.41) is 40.7. The Hall–Kier alpha value is -2.77. The van der Waals surface area contributed by atoms with Crippen molar-refractivity contribution in [2.75, 3.05) is 18.9 Å². The standard InChI is InChI=1S/C18H24N5O13P/c19-9-1-3-22(17(29)20-9)16-13(28)14(7(5-24)34-16)36-37(31,32)33-6-8-11(26)12(27)15(35-8)23-4-2-10(25)21-18(23)30/h1-4,7-8,11-16,24,26-28H,5-6H2,(H,31,32)(H2,19,20,29)(H,21,25,30)/t7-,8-,11-,12-,13-,14-,15-,16-/m1/s1. The second-order valence-corrected chi connectivity index (χ2v) is 9.58. The molecule has 0 aromatic carbocycles. The van der Waals surface area contributed by atoms with Crippen molar-refractivity contribution in [1.29, 1.82) is 0 Å². The van der Waals surface area contributed by atoms with Gasteiger partial charge in [0.15, 0.2) is 12.5 Å². The van der Waals surface area contributed by atoms with Crippen molar-refractivity contribution < 1.29 is 48.4 Å². The van der Waals surface area contributed by atoms with Crippen LogP contribution in [-0.4, -0.2) is 94.3 Å². The van der Waals surface area contributed by atoms with Crippen LogP contribution in [0.1, 0.15) is 12.5 Å². The fourth-order valence-corrected chi connectivity index (χ4v) is 4.89. The van der Waals surface area contributed by atoms with Crippen LogP contribution in [0.15, 0.2) is 38.9 Å². The third kappa shape index (κ3) is 5.58. The maximum atomic E-state index is 12.6. The van der Waals surface area contributed by atoms with E-state index >= 15 is 0 Å². The number of aliphatic hydroxyl groups is 4. The maximum Gasteiger partial charge on any atom is 0.472 e. The Morgan fingerprint density at radius 3 is 2.32 bits per heavy atom. The zero-order valence-corrected chi connectivity index (χ0v) is 19.6. The molecule has 2 aliphatic rings. The van der Waals surface area contributed by atoms with Gasteiger partial charge in [-0.1, -0.05) is 0 Å². The summed E-state index contributed by atoms with van der Waals surface area (Å²) in [4.78, 5) is 50.9. The fraction of sp³-hybridized carbons (Fsp3) is 0.556. The van der Waals surface area contributed by atoms with Crippen molar-refractivity contribution in [3.05, 3.63) is 55.8 Å². The Labute approximate surface area is 205 Å². The Bertz CT molecular complexity index is 1350. The highest BCUT2D eigenvalue weighted by molar-refractivity contribution is 7.47. The molecule has 4 heterocycles. The van der Waals surface area contributed by atoms with E-state index in [1.807, 2.05) is 4.98 Å². The molecular formula is C18H24N5O13P. The van der Waals surface area contributed by atoms with Crippen LogP contribution >= 0.6 is 7.82 Å². The van der Waals surface area contributed by atoms with Gasteiger partial charge in [0.2, 0.25) is 0 Å². The van der Waals surface area contributed by atoms with Crippen LogP contribution in [-0.2, 0) is 23.1 Å². The molecule has 0 bridgehead atoms. The van der Waals surface area contributed by atoms with Crippen LogP contribution < -0.4 is 22.7 Å². The average Bonchev–Trinajstić information content (AvgIpc) is 3.28. The minimum atomic E-state index is -5.04. The van der Waals surface area contributed by atoms with Crippen LogP contribution in [0.5, 0.6) is 0 Å². The first kappa shape index (κ1) is 27.3. The van der Waals surface area contributed by atoms with E-state index in [2.05, 4.69) is 4.98 Å². The monoisotopic (exact) mass is 549 g/mol. The zero-order valence-electron chi connectivity index (χ0n) is 18.7. The van der Waals surface area contributed by atoms with Gasteiger partial charge in [-0.25, -0.2) is 14.2 Å². The molecule has 2 aliphatic heterocycles. The molecule has 0 amide bonds. The lowest BCUT2D eigenvalue weighted by molar-refractivity contribution is -0.0615. The van der Waals surface area contributed by atoms with E-state index in [9.17, 15) is 44.3 Å². The number of hydrogen-bond donors (Lipinski definition) is 7. The zero-order chi connectivity index (χ0) is 27.1. The normalized spacial score (nSPS) is 33.4. The SMILES string of the molecule is Nc1ccn([C@@H]2O[C@H](CO)[C@@H](OP(=O)(O)OC[C@H]3O[C@@H](n4ccc(=O)[nH]c4=O)[C@H](O)[C@@H]3O)[C@H]2O)c(=O)n1. The van der Waals surface area contributed by atoms with E-state index in [1.54, 1.807) is 0 Å². The molecule has 19 heteroatoms. The highest BCUT2D eigenvalue weighted by atomic mass is 31.2. The molecule has 204 valence electrons. The fourth-order valence-electron chi connectivity index (χ4n) is 3.92. The minimum absolute atomic E-state index is 0.0948. The number of ether oxygens (including phenoxy) is 2. The summed E-state index contributed by atoms with van der Waals surface area (Å²) < 4.78 is 34.9. The summed E-state index contributed by atoms with van der Waals surface area (Å²) in [6.45, 7) is -1.60. The highest BCUT2D eigenvalue weighted by Crippen LogP contribution is 2.49. The third-order valence-electron chi connectivity index (χ3n) is 5.73. The summed E-state index contributed by atoms with van der Waals surface area (Å²) in [6.07, 6.45) is -10.2. The van der Waals surface area contributed by atoms with Crippen molar-refractivity contribution in [3.63, 3.8) is 0 Å². The van der Waals surface area contributed by atoms with E-state index < -0.39 is 87.1 Å². The lowest BCUT2D eigenvalue weighted by Gasteiger charge is -2.23. The second-order valence-electron chi connectivity index (χ2n) is 8.18. The molecule has 37 heavy (non-hydrogen) atoms. The van der Waals surface area contributed by atoms with Crippen LogP contribution in [0.2, 0.25) is 0 Å². The quantitative estimate of drug-likeness (QED) is 0.154. The molecule has 1 unspecified atom stereocenters. The molecule has 18 nitrogen and oxygen atoms in total. The number of aromatic nitrogens is 4. The number of hydrogen-bond acceptors (Lipinski definition) is 14. The van der Waals surface area contributed by atoms with E-state index in [1.165, 1.54) is 12.3 Å². The Morgan fingerprint density at radius 1 is 1.03 bits per heavy atom. The molecule has 0 saturated carbocycles. The van der Waals surface area contributed by atoms with E-state index in [0.717, 1.165) is 21.4 Å². The number of aromatic amines is 1. The second kappa shape index (κ2) is 10.5. The number of H-pyrrole nitrogens is 1. The number of nitrogens with zero attached hydrogens (tertiary/aromatic N) is 3. The van der Waals surface area contributed by atoms with E-state index in [0.29, 0.717) is 0 Å². The first-order valence-electron chi connectivity index (χ1n) is 10.7. The minimum Gasteiger partial charge on any atom is -0.394 e. The maximum absolute atomic E-state index is 12.6. The van der Waals surface area contributed by atoms with Crippen LogP contribution in [0.25, 0.3) is 0 Å². The van der Waals surface area contributed by atoms with Gasteiger partial charge in [-0.05, 0) is 6.07 Å². The van der Waals surface area contributed by atoms with Gasteiger partial charge in [0.1, 0.15) is 42.4 Å². The lowest BCUT2D eigenvalue weighted by atomic mass is 10.1. The first-order valence-corrected chi connectivity index (χ1v) is 12.2. The first-order chi connectivity index (χ1) is 17.4. The van der Waals surface area contributed by atoms with Crippen molar-refractivity contribution in [2.45, 2.75) is 49.1 Å². The smallest absolute Gasteiger partial charge is 0.394 e. The number of nitrogens with two attached hydrogens (primary N) is 1. The third-order valence-corrected chi connectivity index (χ3v) is 6.72. The highest BCUT2D eigenvalue weighted by Gasteiger charge is 2.50. The largest absolute Gasteiger partial charge is 0.472 e. The van der Waals surface area contributed by atoms with Gasteiger partial charge < -0.3 is 40.5 Å². The van der Waals surface area contributed by atoms with Gasteiger partial charge in [0, 0.05) is 18.5 Å². The van der Waals surface area contributed by atoms with E-state index in [4.69, 9.17) is 24.3 Å². The summed E-state index contributed by atoms with van der Waals surface area (Å²) >= 11 is 0. The summed E-state index contributed by atoms with van der Waals surface area (Å²) in [5.74, 6) is -0.0948. The molecule has 2 aromatic heterocycles. The molecule has 0 radical (unpaired) electrons. The van der Waals surface area contributed by atoms with Crippen LogP contribution in [0, 0.1) is 0 Å². The lowest BCUT2D eigenvalue weighted by Crippen LogP contribution is -2.38. The molecule has 2 aromatic rings. The van der Waals surface area contributed by atoms with Crippen molar-refractivity contribution in [2.24, 2.45) is 0 Å². The van der Waals surface area contributed by atoms with Gasteiger partial charge in [-0.15, -0.1) is 0 Å². The Kier molecular flexibility index (Phi) is 7.77. The number of nitrogens with one attached hydrogen (secondary N) is 1. The van der Waals surface area contributed by atoms with Gasteiger partial charge in [0.05, 0.1) is 13.2 Å². The predicted molar refractivity (Wildman–Crippen MR) is 118 cm³/mol. The van der Waals surface area contributed by atoms with Crippen molar-refractivity contribution in [3.8, 4) is 0 Å². The summed E-state index contributed by atoms with van der Waals surface area (Å²) in [5.41, 5.74) is 2.90. The molecule has 4 rings (SSSR count). The van der Waals surface area contributed by atoms with E-state index in [-0.39, 0.29) is 5.82 Å². The predicted octanol–water partition coefficient (Wildman–Crippen LogP) is -4.25. The number of nitrogen functional groups attached to an aromatic ring is 1. The molecule has 8 N–H and O–H groups in total. The molecule has 2 saturated heterocycles. The van der Waals surface area contributed by atoms with Crippen LogP contribution in [0.4, 0.5) is 5.82 Å². The molecule has 0 spiro atoms. The average molecular weight is 549 g/mol.